The quantitative estimate of drug-likeness (QED) is 0.293. The number of nitrogens with zero attached hydrogens (tertiary/aromatic N) is 3. The Kier molecular flexibility index (Phi) is 8.38. The maximum Gasteiger partial charge on any atom is 0.246 e. The fourth-order valence-electron chi connectivity index (χ4n) is 4.07. The van der Waals surface area contributed by atoms with Crippen molar-refractivity contribution in [3.63, 3.8) is 0 Å². The Morgan fingerprint density at radius 1 is 1.03 bits per heavy atom. The molecule has 4 aromatic rings. The molecule has 1 aromatic heterocycles. The summed E-state index contributed by atoms with van der Waals surface area (Å²) in [5.41, 5.74) is 5.65. The number of amides is 2. The highest BCUT2D eigenvalue weighted by Gasteiger charge is 2.19. The first-order chi connectivity index (χ1) is 18.4. The Morgan fingerprint density at radius 3 is 2.42 bits per heavy atom. The third-order valence-corrected chi connectivity index (χ3v) is 6.35. The smallest absolute Gasteiger partial charge is 0.246 e. The van der Waals surface area contributed by atoms with Crippen LogP contribution in [0.1, 0.15) is 16.7 Å². The number of rotatable bonds is 10. The molecule has 0 aliphatic carbocycles. The minimum atomic E-state index is -0.342. The van der Waals surface area contributed by atoms with E-state index in [1.165, 1.54) is 10.5 Å². The van der Waals surface area contributed by atoms with Gasteiger partial charge < -0.3 is 9.64 Å². The van der Waals surface area contributed by atoms with E-state index in [-0.39, 0.29) is 31.3 Å². The van der Waals surface area contributed by atoms with E-state index in [1.54, 1.807) is 13.2 Å². The maximum absolute atomic E-state index is 13.2. The van der Waals surface area contributed by atoms with Crippen molar-refractivity contribution >= 4 is 17.8 Å². The van der Waals surface area contributed by atoms with Crippen LogP contribution in [0, 0.1) is 13.8 Å². The second-order valence-electron chi connectivity index (χ2n) is 9.09. The number of imidazole rings is 1. The van der Waals surface area contributed by atoms with Gasteiger partial charge in [0, 0.05) is 24.0 Å². The number of carbonyl (C=O) groups excluding carboxylic acids is 2. The molecule has 194 valence electrons. The normalized spacial score (nSPS) is 10.6. The topological polar surface area (TPSA) is 76.5 Å². The summed E-state index contributed by atoms with van der Waals surface area (Å²) >= 11 is 0. The van der Waals surface area contributed by atoms with Crippen LogP contribution in [0.5, 0.6) is 5.75 Å². The maximum atomic E-state index is 13.2. The van der Waals surface area contributed by atoms with Gasteiger partial charge in [0.15, 0.2) is 0 Å². The highest BCUT2D eigenvalue weighted by atomic mass is 16.5. The lowest BCUT2D eigenvalue weighted by Crippen LogP contribution is -2.39. The number of hydrogen-bond donors (Lipinski definition) is 1. The van der Waals surface area contributed by atoms with Crippen LogP contribution in [0.15, 0.2) is 91.6 Å². The van der Waals surface area contributed by atoms with Crippen LogP contribution in [0.25, 0.3) is 16.9 Å². The van der Waals surface area contributed by atoms with Crippen molar-refractivity contribution in [1.29, 1.82) is 0 Å². The Labute approximate surface area is 223 Å². The molecule has 38 heavy (non-hydrogen) atoms. The Morgan fingerprint density at radius 2 is 1.76 bits per heavy atom. The minimum absolute atomic E-state index is 0.116. The third-order valence-electron chi connectivity index (χ3n) is 6.35. The zero-order chi connectivity index (χ0) is 27.1. The molecule has 0 spiro atoms. The Bertz CT molecular complexity index is 1430. The number of methoxy groups -OCH3 is 1. The van der Waals surface area contributed by atoms with Crippen molar-refractivity contribution in [3.05, 3.63) is 108 Å². The van der Waals surface area contributed by atoms with Crippen LogP contribution in [0.2, 0.25) is 0 Å². The van der Waals surface area contributed by atoms with Crippen molar-refractivity contribution in [2.75, 3.05) is 25.5 Å². The molecule has 0 atom stereocenters. The van der Waals surface area contributed by atoms with Gasteiger partial charge in [-0.25, -0.2) is 4.98 Å². The van der Waals surface area contributed by atoms with E-state index in [0.717, 1.165) is 28.1 Å². The second-order valence-corrected chi connectivity index (χ2v) is 9.09. The number of hydrogen-bond acceptors (Lipinski definition) is 4. The predicted octanol–water partition coefficient (Wildman–Crippen LogP) is 5.36. The van der Waals surface area contributed by atoms with Gasteiger partial charge in [-0.05, 0) is 66.9 Å². The van der Waals surface area contributed by atoms with Gasteiger partial charge in [-0.2, -0.15) is 0 Å². The van der Waals surface area contributed by atoms with Crippen LogP contribution in [-0.2, 0) is 16.0 Å². The molecule has 7 nitrogen and oxygen atoms in total. The molecule has 0 saturated heterocycles. The van der Waals surface area contributed by atoms with Gasteiger partial charge >= 0.3 is 0 Å². The lowest BCUT2D eigenvalue weighted by Gasteiger charge is -2.21. The average Bonchev–Trinajstić information content (AvgIpc) is 3.34. The standard InChI is InChI=1S/C31H32N4O3/c1-5-17-34(30(37)19-24-9-7-6-8-10-24)21-29(36)33-31-32-28(25-12-15-27(38-4)16-13-25)20-35(31)26-14-11-22(2)23(3)18-26/h5-16,18,20H,1,17,19,21H2,2-4H3,(H,32,33,36). The molecule has 7 heteroatoms. The zero-order valence-corrected chi connectivity index (χ0v) is 22.0. The summed E-state index contributed by atoms with van der Waals surface area (Å²) < 4.78 is 7.13. The molecule has 0 radical (unpaired) electrons. The summed E-state index contributed by atoms with van der Waals surface area (Å²) in [4.78, 5) is 32.4. The summed E-state index contributed by atoms with van der Waals surface area (Å²) in [5.74, 6) is 0.629. The second kappa shape index (κ2) is 12.1. The van der Waals surface area contributed by atoms with E-state index in [2.05, 4.69) is 24.9 Å². The highest BCUT2D eigenvalue weighted by molar-refractivity contribution is 5.94. The molecule has 0 aliphatic heterocycles. The van der Waals surface area contributed by atoms with E-state index < -0.39 is 0 Å². The van der Waals surface area contributed by atoms with Gasteiger partial charge in [-0.1, -0.05) is 42.5 Å². The van der Waals surface area contributed by atoms with E-state index in [1.807, 2.05) is 84.4 Å². The Hall–Kier alpha value is -4.65. The van der Waals surface area contributed by atoms with Gasteiger partial charge in [-0.15, -0.1) is 6.58 Å². The monoisotopic (exact) mass is 508 g/mol. The molecule has 4 rings (SSSR count). The first-order valence-electron chi connectivity index (χ1n) is 12.4. The number of benzene rings is 3. The van der Waals surface area contributed by atoms with Crippen LogP contribution in [-0.4, -0.2) is 46.5 Å². The van der Waals surface area contributed by atoms with E-state index in [9.17, 15) is 9.59 Å². The fourth-order valence-corrected chi connectivity index (χ4v) is 4.07. The zero-order valence-electron chi connectivity index (χ0n) is 22.0. The average molecular weight is 509 g/mol. The number of aryl methyl sites for hydroxylation is 2. The molecule has 0 saturated carbocycles. The highest BCUT2D eigenvalue weighted by Crippen LogP contribution is 2.27. The molecular weight excluding hydrogens is 476 g/mol. The van der Waals surface area contributed by atoms with Crippen molar-refractivity contribution < 1.29 is 14.3 Å². The summed E-state index contributed by atoms with van der Waals surface area (Å²) in [6, 6.07) is 23.1. The van der Waals surface area contributed by atoms with Gasteiger partial charge in [0.05, 0.1) is 19.2 Å². The first kappa shape index (κ1) is 26.4. The van der Waals surface area contributed by atoms with Crippen LogP contribution < -0.4 is 10.1 Å². The van der Waals surface area contributed by atoms with Crippen LogP contribution in [0.4, 0.5) is 5.95 Å². The number of carbonyl (C=O) groups is 2. The lowest BCUT2D eigenvalue weighted by atomic mass is 10.1. The molecule has 1 N–H and O–H groups in total. The molecule has 0 aliphatic rings. The number of nitrogens with one attached hydrogen (secondary N) is 1. The number of aromatic nitrogens is 2. The predicted molar refractivity (Wildman–Crippen MR) is 151 cm³/mol. The summed E-state index contributed by atoms with van der Waals surface area (Å²) in [7, 11) is 1.62. The van der Waals surface area contributed by atoms with E-state index in [0.29, 0.717) is 11.6 Å². The molecule has 0 fully saturated rings. The Balaban J connectivity index is 1.59. The molecular formula is C31H32N4O3. The molecule has 0 unspecified atom stereocenters. The van der Waals surface area contributed by atoms with Crippen LogP contribution in [0.3, 0.4) is 0 Å². The lowest BCUT2D eigenvalue weighted by molar-refractivity contribution is -0.133. The number of anilines is 1. The van der Waals surface area contributed by atoms with E-state index >= 15 is 0 Å². The van der Waals surface area contributed by atoms with Crippen molar-refractivity contribution in [2.45, 2.75) is 20.3 Å². The summed E-state index contributed by atoms with van der Waals surface area (Å²) in [6.45, 7) is 8.00. The fraction of sp³-hybridized carbons (Fsp3) is 0.194. The molecule has 0 bridgehead atoms. The van der Waals surface area contributed by atoms with Gasteiger partial charge in [0.25, 0.3) is 0 Å². The molecule has 1 heterocycles. The number of ether oxygens (including phenoxy) is 1. The van der Waals surface area contributed by atoms with Crippen molar-refractivity contribution in [2.24, 2.45) is 0 Å². The SMILES string of the molecule is C=CCN(CC(=O)Nc1nc(-c2ccc(OC)cc2)cn1-c1ccc(C)c(C)c1)C(=O)Cc1ccccc1. The van der Waals surface area contributed by atoms with Gasteiger partial charge in [-0.3, -0.25) is 19.5 Å². The largest absolute Gasteiger partial charge is 0.497 e. The van der Waals surface area contributed by atoms with Gasteiger partial charge in [0.1, 0.15) is 12.3 Å². The summed E-state index contributed by atoms with van der Waals surface area (Å²) in [6.07, 6.45) is 3.72. The van der Waals surface area contributed by atoms with Crippen molar-refractivity contribution in [1.82, 2.24) is 14.5 Å². The van der Waals surface area contributed by atoms with E-state index in [4.69, 9.17) is 9.72 Å². The molecule has 3 aromatic carbocycles. The summed E-state index contributed by atoms with van der Waals surface area (Å²) in [5, 5.41) is 2.92. The van der Waals surface area contributed by atoms with Gasteiger partial charge in [0.2, 0.25) is 17.8 Å². The molecule has 2 amide bonds. The van der Waals surface area contributed by atoms with Crippen LogP contribution >= 0.6 is 0 Å². The van der Waals surface area contributed by atoms with Crippen molar-refractivity contribution in [3.8, 4) is 22.7 Å². The first-order valence-corrected chi connectivity index (χ1v) is 12.4. The minimum Gasteiger partial charge on any atom is -0.497 e. The third kappa shape index (κ3) is 6.37.